The molecule has 84 valence electrons. The second-order valence-corrected chi connectivity index (χ2v) is 4.34. The van der Waals surface area contributed by atoms with Crippen LogP contribution in [-0.4, -0.2) is 21.3 Å². The number of rotatable bonds is 5. The summed E-state index contributed by atoms with van der Waals surface area (Å²) in [6, 6.07) is 0.660. The number of aryl methyl sites for hydroxylation is 1. The second-order valence-electron chi connectivity index (χ2n) is 4.34. The SMILES string of the molecule is NCCCCc1nncn1C1CCCC1. The summed E-state index contributed by atoms with van der Waals surface area (Å²) in [5.41, 5.74) is 5.49. The Bertz CT molecular complexity index is 289. The summed E-state index contributed by atoms with van der Waals surface area (Å²) in [5, 5.41) is 8.23. The molecule has 1 aliphatic rings. The quantitative estimate of drug-likeness (QED) is 0.749. The van der Waals surface area contributed by atoms with Crippen molar-refractivity contribution in [1.82, 2.24) is 14.8 Å². The molecule has 1 aromatic heterocycles. The molecule has 4 nitrogen and oxygen atoms in total. The Labute approximate surface area is 90.9 Å². The first-order valence-electron chi connectivity index (χ1n) is 6.00. The third kappa shape index (κ3) is 2.56. The van der Waals surface area contributed by atoms with Crippen LogP contribution in [0, 0.1) is 0 Å². The predicted molar refractivity (Wildman–Crippen MR) is 59.5 cm³/mol. The van der Waals surface area contributed by atoms with Gasteiger partial charge in [0.1, 0.15) is 12.2 Å². The van der Waals surface area contributed by atoms with Gasteiger partial charge in [-0.1, -0.05) is 12.8 Å². The maximum Gasteiger partial charge on any atom is 0.133 e. The van der Waals surface area contributed by atoms with Gasteiger partial charge in [-0.2, -0.15) is 0 Å². The molecule has 1 heterocycles. The van der Waals surface area contributed by atoms with Crippen molar-refractivity contribution in [2.75, 3.05) is 6.54 Å². The van der Waals surface area contributed by atoms with Gasteiger partial charge in [0.15, 0.2) is 0 Å². The Morgan fingerprint density at radius 1 is 1.33 bits per heavy atom. The molecule has 0 radical (unpaired) electrons. The van der Waals surface area contributed by atoms with Crippen LogP contribution >= 0.6 is 0 Å². The standard InChI is InChI=1S/C11H20N4/c12-8-4-3-7-11-14-13-9-15(11)10-5-1-2-6-10/h9-10H,1-8,12H2. The molecule has 0 amide bonds. The first-order chi connectivity index (χ1) is 7.42. The van der Waals surface area contributed by atoms with Gasteiger partial charge in [0.05, 0.1) is 0 Å². The molecular weight excluding hydrogens is 188 g/mol. The third-order valence-electron chi connectivity index (χ3n) is 3.22. The lowest BCUT2D eigenvalue weighted by Crippen LogP contribution is -2.09. The van der Waals surface area contributed by atoms with Gasteiger partial charge in [0, 0.05) is 12.5 Å². The smallest absolute Gasteiger partial charge is 0.133 e. The van der Waals surface area contributed by atoms with E-state index in [-0.39, 0.29) is 0 Å². The van der Waals surface area contributed by atoms with Crippen LogP contribution in [0.4, 0.5) is 0 Å². The van der Waals surface area contributed by atoms with Crippen molar-refractivity contribution in [2.45, 2.75) is 51.0 Å². The number of nitrogens with two attached hydrogens (primary N) is 1. The van der Waals surface area contributed by atoms with Gasteiger partial charge in [-0.3, -0.25) is 0 Å². The summed E-state index contributed by atoms with van der Waals surface area (Å²) in [6.45, 7) is 0.775. The van der Waals surface area contributed by atoms with Crippen molar-refractivity contribution < 1.29 is 0 Å². The number of hydrogen-bond acceptors (Lipinski definition) is 3. The minimum Gasteiger partial charge on any atom is -0.330 e. The first-order valence-corrected chi connectivity index (χ1v) is 6.00. The summed E-state index contributed by atoms with van der Waals surface area (Å²) in [7, 11) is 0. The lowest BCUT2D eigenvalue weighted by Gasteiger charge is -2.13. The zero-order valence-electron chi connectivity index (χ0n) is 9.23. The van der Waals surface area contributed by atoms with E-state index < -0.39 is 0 Å². The van der Waals surface area contributed by atoms with Crippen LogP contribution in [0.15, 0.2) is 6.33 Å². The summed E-state index contributed by atoms with van der Waals surface area (Å²) in [6.07, 6.45) is 10.4. The van der Waals surface area contributed by atoms with Gasteiger partial charge in [-0.05, 0) is 32.2 Å². The first kappa shape index (κ1) is 10.6. The maximum atomic E-state index is 5.49. The molecule has 0 bridgehead atoms. The highest BCUT2D eigenvalue weighted by Crippen LogP contribution is 2.29. The molecule has 0 atom stereocenters. The normalized spacial score (nSPS) is 17.4. The van der Waals surface area contributed by atoms with E-state index in [1.54, 1.807) is 0 Å². The van der Waals surface area contributed by atoms with E-state index in [4.69, 9.17) is 5.73 Å². The highest BCUT2D eigenvalue weighted by molar-refractivity contribution is 4.91. The lowest BCUT2D eigenvalue weighted by molar-refractivity contribution is 0.491. The summed E-state index contributed by atoms with van der Waals surface area (Å²) >= 11 is 0. The molecule has 2 N–H and O–H groups in total. The van der Waals surface area contributed by atoms with Crippen molar-refractivity contribution in [3.05, 3.63) is 12.2 Å². The number of nitrogens with zero attached hydrogens (tertiary/aromatic N) is 3. The van der Waals surface area contributed by atoms with Crippen molar-refractivity contribution in [3.8, 4) is 0 Å². The second kappa shape index (κ2) is 5.26. The summed E-state index contributed by atoms with van der Waals surface area (Å²) < 4.78 is 2.28. The summed E-state index contributed by atoms with van der Waals surface area (Å²) in [4.78, 5) is 0. The number of unbranched alkanes of at least 4 members (excludes halogenated alkanes) is 1. The molecule has 0 spiro atoms. The Hall–Kier alpha value is -0.900. The van der Waals surface area contributed by atoms with E-state index in [0.717, 1.165) is 31.6 Å². The lowest BCUT2D eigenvalue weighted by atomic mass is 10.2. The molecule has 15 heavy (non-hydrogen) atoms. The van der Waals surface area contributed by atoms with Gasteiger partial charge in [-0.25, -0.2) is 0 Å². The van der Waals surface area contributed by atoms with Crippen LogP contribution in [0.5, 0.6) is 0 Å². The topological polar surface area (TPSA) is 56.7 Å². The van der Waals surface area contributed by atoms with Gasteiger partial charge >= 0.3 is 0 Å². The Morgan fingerprint density at radius 3 is 2.87 bits per heavy atom. The fourth-order valence-corrected chi connectivity index (χ4v) is 2.36. The Balaban J connectivity index is 1.95. The minimum absolute atomic E-state index is 0.660. The summed E-state index contributed by atoms with van der Waals surface area (Å²) in [5.74, 6) is 1.15. The zero-order valence-corrected chi connectivity index (χ0v) is 9.23. The van der Waals surface area contributed by atoms with Crippen molar-refractivity contribution in [3.63, 3.8) is 0 Å². The van der Waals surface area contributed by atoms with E-state index in [0.29, 0.717) is 6.04 Å². The maximum absolute atomic E-state index is 5.49. The van der Waals surface area contributed by atoms with Crippen LogP contribution in [0.3, 0.4) is 0 Å². The largest absolute Gasteiger partial charge is 0.330 e. The van der Waals surface area contributed by atoms with Gasteiger partial charge in [-0.15, -0.1) is 10.2 Å². The molecule has 0 saturated heterocycles. The van der Waals surface area contributed by atoms with Crippen LogP contribution in [0.25, 0.3) is 0 Å². The van der Waals surface area contributed by atoms with Gasteiger partial charge in [0.25, 0.3) is 0 Å². The average Bonchev–Trinajstić information content (AvgIpc) is 2.87. The molecule has 4 heteroatoms. The van der Waals surface area contributed by atoms with E-state index in [9.17, 15) is 0 Å². The highest BCUT2D eigenvalue weighted by Gasteiger charge is 2.19. The Morgan fingerprint density at radius 2 is 2.13 bits per heavy atom. The minimum atomic E-state index is 0.660. The average molecular weight is 208 g/mol. The monoisotopic (exact) mass is 208 g/mol. The fraction of sp³-hybridized carbons (Fsp3) is 0.818. The third-order valence-corrected chi connectivity index (χ3v) is 3.22. The fourth-order valence-electron chi connectivity index (χ4n) is 2.36. The van der Waals surface area contributed by atoms with E-state index in [1.165, 1.54) is 25.7 Å². The van der Waals surface area contributed by atoms with Crippen LogP contribution in [-0.2, 0) is 6.42 Å². The van der Waals surface area contributed by atoms with E-state index in [2.05, 4.69) is 14.8 Å². The van der Waals surface area contributed by atoms with Crippen LogP contribution in [0.2, 0.25) is 0 Å². The van der Waals surface area contributed by atoms with Gasteiger partial charge in [0.2, 0.25) is 0 Å². The molecule has 2 rings (SSSR count). The van der Waals surface area contributed by atoms with Crippen molar-refractivity contribution >= 4 is 0 Å². The number of aromatic nitrogens is 3. The van der Waals surface area contributed by atoms with Crippen molar-refractivity contribution in [1.29, 1.82) is 0 Å². The molecule has 0 aliphatic heterocycles. The Kier molecular flexibility index (Phi) is 3.72. The molecule has 1 saturated carbocycles. The number of hydrogen-bond donors (Lipinski definition) is 1. The molecule has 1 aliphatic carbocycles. The van der Waals surface area contributed by atoms with Crippen LogP contribution < -0.4 is 5.73 Å². The molecule has 0 unspecified atom stereocenters. The predicted octanol–water partition coefficient (Wildman–Crippen LogP) is 1.67. The molecule has 1 fully saturated rings. The van der Waals surface area contributed by atoms with Crippen molar-refractivity contribution in [2.24, 2.45) is 5.73 Å². The molecule has 1 aromatic rings. The van der Waals surface area contributed by atoms with E-state index in [1.807, 2.05) is 6.33 Å². The zero-order chi connectivity index (χ0) is 10.5. The highest BCUT2D eigenvalue weighted by atomic mass is 15.3. The van der Waals surface area contributed by atoms with E-state index >= 15 is 0 Å². The van der Waals surface area contributed by atoms with Crippen LogP contribution in [0.1, 0.15) is 50.4 Å². The van der Waals surface area contributed by atoms with Gasteiger partial charge < -0.3 is 10.3 Å². The molecular formula is C11H20N4. The molecule has 0 aromatic carbocycles.